The van der Waals surface area contributed by atoms with E-state index in [4.69, 9.17) is 0 Å². The van der Waals surface area contributed by atoms with Crippen LogP contribution < -0.4 is 0 Å². The van der Waals surface area contributed by atoms with Crippen LogP contribution in [0.4, 0.5) is 8.78 Å². The van der Waals surface area contributed by atoms with E-state index in [1.165, 1.54) is 0 Å². The van der Waals surface area contributed by atoms with Crippen LogP contribution in [-0.4, -0.2) is 24.0 Å². The molecule has 0 heterocycles. The van der Waals surface area contributed by atoms with Gasteiger partial charge in [-0.3, -0.25) is 10.1 Å². The van der Waals surface area contributed by atoms with Crippen molar-refractivity contribution in [3.63, 3.8) is 0 Å². The van der Waals surface area contributed by atoms with Gasteiger partial charge >= 0.3 is 5.97 Å². The number of nitro groups is 1. The lowest BCUT2D eigenvalue weighted by Gasteiger charge is -2.07. The highest BCUT2D eigenvalue weighted by atomic mass is 19.1. The highest BCUT2D eigenvalue weighted by Crippen LogP contribution is 2.24. The van der Waals surface area contributed by atoms with Crippen molar-refractivity contribution in [1.29, 1.82) is 0 Å². The highest BCUT2D eigenvalue weighted by molar-refractivity contribution is 5.88. The maximum absolute atomic E-state index is 13.7. The number of rotatable bonds is 8. The Morgan fingerprint density at radius 1 is 1.40 bits per heavy atom. The minimum absolute atomic E-state index is 0.110. The molecule has 0 aromatic carbocycles. The number of allylic oxidation sites excluding steroid dienone is 4. The van der Waals surface area contributed by atoms with Crippen LogP contribution >= 0.6 is 0 Å². The van der Waals surface area contributed by atoms with Gasteiger partial charge in [0, 0.05) is 22.5 Å². The van der Waals surface area contributed by atoms with E-state index in [2.05, 4.69) is 17.9 Å². The molecule has 0 unspecified atom stereocenters. The van der Waals surface area contributed by atoms with Crippen molar-refractivity contribution < 1.29 is 23.2 Å². The minimum Gasteiger partial charge on any atom is -0.463 e. The quantitative estimate of drug-likeness (QED) is 0.226. The lowest BCUT2D eigenvalue weighted by Crippen LogP contribution is -2.08. The number of hydrogen-bond donors (Lipinski definition) is 0. The summed E-state index contributed by atoms with van der Waals surface area (Å²) in [5.74, 6) is -2.91. The Morgan fingerprint density at radius 3 is 2.45 bits per heavy atom. The van der Waals surface area contributed by atoms with Gasteiger partial charge in [0.15, 0.2) is 0 Å². The van der Waals surface area contributed by atoms with Crippen molar-refractivity contribution >= 4 is 5.97 Å². The Bertz CT molecular complexity index is 481. The zero-order valence-electron chi connectivity index (χ0n) is 11.0. The van der Waals surface area contributed by atoms with Gasteiger partial charge < -0.3 is 4.74 Å². The first-order chi connectivity index (χ1) is 9.29. The van der Waals surface area contributed by atoms with Crippen molar-refractivity contribution in [1.82, 2.24) is 0 Å². The fourth-order valence-corrected chi connectivity index (χ4v) is 1.17. The maximum atomic E-state index is 13.7. The van der Waals surface area contributed by atoms with Crippen LogP contribution in [0, 0.1) is 10.1 Å². The Kier molecular flexibility index (Phi) is 7.72. The molecule has 0 amide bonds. The first-order valence-electron chi connectivity index (χ1n) is 5.66. The molecule has 0 radical (unpaired) electrons. The fraction of sp³-hybridized carbons (Fsp3) is 0.308. The van der Waals surface area contributed by atoms with Crippen LogP contribution in [0.5, 0.6) is 0 Å². The zero-order valence-corrected chi connectivity index (χ0v) is 11.0. The summed E-state index contributed by atoms with van der Waals surface area (Å²) >= 11 is 0. The summed E-state index contributed by atoms with van der Waals surface area (Å²) in [6.45, 7) is 7.41. The third kappa shape index (κ3) is 6.58. The topological polar surface area (TPSA) is 69.4 Å². The average molecular weight is 287 g/mol. The van der Waals surface area contributed by atoms with Gasteiger partial charge in [-0.2, -0.15) is 0 Å². The number of esters is 1. The van der Waals surface area contributed by atoms with Gasteiger partial charge in [-0.15, -0.1) is 0 Å². The van der Waals surface area contributed by atoms with Crippen molar-refractivity contribution in [3.8, 4) is 0 Å². The summed E-state index contributed by atoms with van der Waals surface area (Å²) < 4.78 is 31.4. The Labute approximate surface area is 115 Å². The third-order valence-corrected chi connectivity index (χ3v) is 2.09. The minimum atomic E-state index is -1.08. The monoisotopic (exact) mass is 287 g/mol. The standard InChI is InChI=1S/C13H15F2NO4/c1-4-20-13(17)9(2)8-11(10(3)14)12(15)6-5-7-16(18)19/h5-6H,2-4,7-8H2,1H3/b6-5-,12-11+. The second-order valence-corrected chi connectivity index (χ2v) is 3.65. The van der Waals surface area contributed by atoms with Crippen LogP contribution in [-0.2, 0) is 9.53 Å². The number of hydrogen-bond acceptors (Lipinski definition) is 4. The van der Waals surface area contributed by atoms with E-state index in [1.54, 1.807) is 6.92 Å². The number of halogens is 2. The fourth-order valence-electron chi connectivity index (χ4n) is 1.17. The summed E-state index contributed by atoms with van der Waals surface area (Å²) in [5.41, 5.74) is -0.638. The lowest BCUT2D eigenvalue weighted by atomic mass is 10.0. The Morgan fingerprint density at radius 2 is 2.00 bits per heavy atom. The van der Waals surface area contributed by atoms with Gasteiger partial charge in [0.25, 0.3) is 0 Å². The van der Waals surface area contributed by atoms with E-state index < -0.39 is 41.1 Å². The summed E-state index contributed by atoms with van der Waals surface area (Å²) in [5, 5.41) is 10.1. The van der Waals surface area contributed by atoms with Gasteiger partial charge in [-0.1, -0.05) is 13.2 Å². The molecule has 0 atom stereocenters. The van der Waals surface area contributed by atoms with E-state index >= 15 is 0 Å². The van der Waals surface area contributed by atoms with Crippen molar-refractivity contribution in [2.24, 2.45) is 0 Å². The van der Waals surface area contributed by atoms with Crippen LogP contribution in [0.25, 0.3) is 0 Å². The highest BCUT2D eigenvalue weighted by Gasteiger charge is 2.15. The molecule has 7 heteroatoms. The van der Waals surface area contributed by atoms with Crippen molar-refractivity contribution in [2.45, 2.75) is 13.3 Å². The molecule has 5 nitrogen and oxygen atoms in total. The molecule has 110 valence electrons. The van der Waals surface area contributed by atoms with E-state index in [0.29, 0.717) is 0 Å². The first kappa shape index (κ1) is 17.7. The summed E-state index contributed by atoms with van der Waals surface area (Å²) in [6, 6.07) is 0. The van der Waals surface area contributed by atoms with Gasteiger partial charge in [-0.25, -0.2) is 13.6 Å². The third-order valence-electron chi connectivity index (χ3n) is 2.09. The molecule has 0 aliphatic carbocycles. The molecule has 0 rings (SSSR count). The summed E-state index contributed by atoms with van der Waals surface area (Å²) in [6.07, 6.45) is 1.25. The largest absolute Gasteiger partial charge is 0.463 e. The first-order valence-corrected chi connectivity index (χ1v) is 5.66. The second-order valence-electron chi connectivity index (χ2n) is 3.65. The molecule has 0 fully saturated rings. The van der Waals surface area contributed by atoms with Crippen LogP contribution in [0.15, 0.2) is 48.1 Å². The normalized spacial score (nSPS) is 11.9. The molecular formula is C13H15F2NO4. The van der Waals surface area contributed by atoms with E-state index in [0.717, 1.165) is 12.2 Å². The van der Waals surface area contributed by atoms with Gasteiger partial charge in [0.2, 0.25) is 6.54 Å². The molecule has 0 saturated heterocycles. The predicted octanol–water partition coefficient (Wildman–Crippen LogP) is 3.04. The second kappa shape index (κ2) is 8.73. The molecule has 0 aromatic rings. The van der Waals surface area contributed by atoms with E-state index in [1.807, 2.05) is 0 Å². The van der Waals surface area contributed by atoms with Gasteiger partial charge in [0.1, 0.15) is 11.7 Å². The summed E-state index contributed by atoms with van der Waals surface area (Å²) in [7, 11) is 0. The molecule has 0 aliphatic heterocycles. The molecule has 20 heavy (non-hydrogen) atoms. The number of carbonyl (C=O) groups excluding carboxylic acids is 1. The SMILES string of the molecule is C=C(C/C(C(=C)F)=C(F)/C=C\C[N+](=O)[O-])C(=O)OCC. The van der Waals surface area contributed by atoms with Crippen molar-refractivity contribution in [3.05, 3.63) is 58.2 Å². The van der Waals surface area contributed by atoms with Crippen LogP contribution in [0.2, 0.25) is 0 Å². The predicted molar refractivity (Wildman–Crippen MR) is 69.8 cm³/mol. The van der Waals surface area contributed by atoms with Crippen LogP contribution in [0.3, 0.4) is 0 Å². The van der Waals surface area contributed by atoms with E-state index in [9.17, 15) is 23.7 Å². The molecular weight excluding hydrogens is 272 g/mol. The molecule has 0 saturated carbocycles. The number of ether oxygens (including phenoxy) is 1. The van der Waals surface area contributed by atoms with Gasteiger partial charge in [-0.05, 0) is 19.1 Å². The molecule has 0 aliphatic rings. The van der Waals surface area contributed by atoms with Crippen molar-refractivity contribution in [2.75, 3.05) is 13.2 Å². The lowest BCUT2D eigenvalue weighted by molar-refractivity contribution is -0.468. The van der Waals surface area contributed by atoms with Crippen LogP contribution in [0.1, 0.15) is 13.3 Å². The van der Waals surface area contributed by atoms with Gasteiger partial charge in [0.05, 0.1) is 6.61 Å². The Balaban J connectivity index is 5.00. The molecule has 0 bridgehead atoms. The molecule has 0 spiro atoms. The number of carbonyl (C=O) groups is 1. The average Bonchev–Trinajstić information content (AvgIpc) is 2.34. The van der Waals surface area contributed by atoms with E-state index in [-0.39, 0.29) is 12.2 Å². The molecule has 0 aromatic heterocycles. The summed E-state index contributed by atoms with van der Waals surface area (Å²) in [4.78, 5) is 20.7. The smallest absolute Gasteiger partial charge is 0.333 e. The Hall–Kier alpha value is -2.31. The maximum Gasteiger partial charge on any atom is 0.333 e. The zero-order chi connectivity index (χ0) is 15.7. The molecule has 0 N–H and O–H groups in total. The number of nitrogens with zero attached hydrogens (tertiary/aromatic N) is 1.